The Labute approximate surface area is 287 Å². The van der Waals surface area contributed by atoms with E-state index >= 15 is 0 Å². The molecular formula is C37H45N7O4Si. The van der Waals surface area contributed by atoms with Gasteiger partial charge in [0.25, 0.3) is 0 Å². The zero-order chi connectivity index (χ0) is 34.6. The molecule has 49 heavy (non-hydrogen) atoms. The number of carbonyl (C=O) groups is 1. The van der Waals surface area contributed by atoms with Crippen LogP contribution < -0.4 is 10.1 Å². The van der Waals surface area contributed by atoms with Gasteiger partial charge in [0.2, 0.25) is 0 Å². The van der Waals surface area contributed by atoms with Gasteiger partial charge in [-0.25, -0.2) is 9.78 Å². The highest BCUT2D eigenvalue weighted by atomic mass is 28.3. The molecule has 4 aromatic heterocycles. The van der Waals surface area contributed by atoms with E-state index in [-0.39, 0.29) is 12.6 Å². The second kappa shape index (κ2) is 14.3. The molecule has 0 spiro atoms. The number of alkyl carbamates (subject to hydrolysis) is 1. The van der Waals surface area contributed by atoms with E-state index in [2.05, 4.69) is 62.2 Å². The van der Waals surface area contributed by atoms with Gasteiger partial charge in [0.15, 0.2) is 5.82 Å². The van der Waals surface area contributed by atoms with Gasteiger partial charge in [-0.1, -0.05) is 43.9 Å². The molecule has 6 aromatic rings. The Balaban J connectivity index is 1.19. The van der Waals surface area contributed by atoms with E-state index in [1.54, 1.807) is 12.4 Å². The van der Waals surface area contributed by atoms with Gasteiger partial charge in [0.05, 0.1) is 17.8 Å². The molecule has 0 saturated carbocycles. The number of pyridine rings is 1. The second-order valence-electron chi connectivity index (χ2n) is 14.5. The van der Waals surface area contributed by atoms with Crippen LogP contribution in [0.25, 0.3) is 44.5 Å². The first kappa shape index (κ1) is 33.9. The molecule has 6 rings (SSSR count). The number of aromatic nitrogens is 6. The predicted octanol–water partition coefficient (Wildman–Crippen LogP) is 7.80. The van der Waals surface area contributed by atoms with Crippen molar-refractivity contribution >= 4 is 36.0 Å². The molecule has 1 atom stereocenters. The molecule has 0 aliphatic rings. The number of nitrogens with one attached hydrogen (secondary N) is 3. The first-order valence-electron chi connectivity index (χ1n) is 16.6. The van der Waals surface area contributed by atoms with Gasteiger partial charge in [0, 0.05) is 61.3 Å². The van der Waals surface area contributed by atoms with Crippen molar-refractivity contribution in [2.75, 3.05) is 13.2 Å². The van der Waals surface area contributed by atoms with Gasteiger partial charge in [-0.15, -0.1) is 0 Å². The quantitative estimate of drug-likeness (QED) is 0.0838. The minimum absolute atomic E-state index is 0.220. The number of imidazole rings is 1. The summed E-state index contributed by atoms with van der Waals surface area (Å²) in [7, 11) is -1.18. The number of rotatable bonds is 13. The fourth-order valence-corrected chi connectivity index (χ4v) is 6.34. The maximum absolute atomic E-state index is 12.8. The van der Waals surface area contributed by atoms with Crippen molar-refractivity contribution in [3.63, 3.8) is 0 Å². The number of aromatic amines is 2. The number of benzene rings is 2. The number of fused-ring (bicyclic) bond motifs is 2. The van der Waals surface area contributed by atoms with E-state index in [9.17, 15) is 4.79 Å². The number of amides is 1. The number of ether oxygens (including phenoxy) is 3. The largest absolute Gasteiger partial charge is 0.490 e. The molecular weight excluding hydrogens is 635 g/mol. The van der Waals surface area contributed by atoms with E-state index in [1.807, 2.05) is 80.3 Å². The third-order valence-corrected chi connectivity index (χ3v) is 9.78. The standard InChI is InChI=1S/C37H45N7O4Si/c1-37(2,3)48-36(45)41-28(17-27-21-40-32-10-8-7-9-30(27)32)23-47-29-18-26(20-38-22-29)25-11-12-33-31(19-25)34(43-42-33)35-39-13-14-44(35)24-46-15-16-49(4,5)6/h7-14,18-22,28,40H,15-17,23-24H2,1-6H3,(H,41,45)(H,42,43)/t28-/m0/s1. The van der Waals surface area contributed by atoms with Crippen LogP contribution in [0.3, 0.4) is 0 Å². The Bertz CT molecular complexity index is 2040. The molecule has 256 valence electrons. The van der Waals surface area contributed by atoms with Crippen molar-refractivity contribution in [2.24, 2.45) is 0 Å². The molecule has 11 nitrogen and oxygen atoms in total. The van der Waals surface area contributed by atoms with Crippen LogP contribution in [-0.2, 0) is 22.6 Å². The van der Waals surface area contributed by atoms with Gasteiger partial charge < -0.3 is 29.1 Å². The lowest BCUT2D eigenvalue weighted by atomic mass is 10.0. The molecule has 12 heteroatoms. The fraction of sp³-hybridized carbons (Fsp3) is 0.351. The summed E-state index contributed by atoms with van der Waals surface area (Å²) < 4.78 is 19.8. The minimum Gasteiger partial charge on any atom is -0.490 e. The molecule has 2 aromatic carbocycles. The molecule has 0 unspecified atom stereocenters. The predicted molar refractivity (Wildman–Crippen MR) is 195 cm³/mol. The normalized spacial score (nSPS) is 12.8. The van der Waals surface area contributed by atoms with Crippen LogP contribution in [0.15, 0.2) is 79.5 Å². The van der Waals surface area contributed by atoms with Crippen molar-refractivity contribution in [3.8, 4) is 28.4 Å². The molecule has 0 radical (unpaired) electrons. The maximum Gasteiger partial charge on any atom is 0.408 e. The first-order valence-corrected chi connectivity index (χ1v) is 20.3. The van der Waals surface area contributed by atoms with Gasteiger partial charge in [0.1, 0.15) is 30.4 Å². The highest BCUT2D eigenvalue weighted by molar-refractivity contribution is 6.76. The van der Waals surface area contributed by atoms with Crippen molar-refractivity contribution in [3.05, 3.63) is 85.1 Å². The maximum atomic E-state index is 12.8. The molecule has 4 heterocycles. The third kappa shape index (κ3) is 8.75. The minimum atomic E-state index is -1.18. The number of H-pyrrole nitrogens is 2. The average Bonchev–Trinajstić information content (AvgIpc) is 3.79. The van der Waals surface area contributed by atoms with E-state index in [4.69, 9.17) is 14.2 Å². The highest BCUT2D eigenvalue weighted by Gasteiger charge is 2.22. The SMILES string of the molecule is CC(C)(C)OC(=O)N[C@H](COc1cncc(-c2ccc3[nH]nc(-c4nccn4COCC[Si](C)(C)C)c3c2)c1)Cc1c[nH]c2ccccc12. The van der Waals surface area contributed by atoms with Crippen LogP contribution in [0.4, 0.5) is 4.79 Å². The smallest absolute Gasteiger partial charge is 0.408 e. The van der Waals surface area contributed by atoms with E-state index in [0.29, 0.717) is 18.9 Å². The molecule has 0 saturated heterocycles. The number of hydrogen-bond donors (Lipinski definition) is 3. The van der Waals surface area contributed by atoms with Crippen molar-refractivity contribution in [1.82, 2.24) is 35.0 Å². The van der Waals surface area contributed by atoms with E-state index in [0.717, 1.165) is 62.7 Å². The van der Waals surface area contributed by atoms with Crippen molar-refractivity contribution in [1.29, 1.82) is 0 Å². The topological polar surface area (TPSA) is 132 Å². The fourth-order valence-electron chi connectivity index (χ4n) is 5.58. The Hall–Kier alpha value is -4.94. The highest BCUT2D eigenvalue weighted by Crippen LogP contribution is 2.31. The summed E-state index contributed by atoms with van der Waals surface area (Å²) in [6.45, 7) is 13.9. The molecule has 3 N–H and O–H groups in total. The Morgan fingerprint density at radius 2 is 1.86 bits per heavy atom. The molecule has 0 aliphatic heterocycles. The Morgan fingerprint density at radius 3 is 2.67 bits per heavy atom. The molecule has 0 bridgehead atoms. The average molecular weight is 680 g/mol. The summed E-state index contributed by atoms with van der Waals surface area (Å²) >= 11 is 0. The first-order chi connectivity index (χ1) is 23.4. The summed E-state index contributed by atoms with van der Waals surface area (Å²) in [6, 6.07) is 16.9. The van der Waals surface area contributed by atoms with Crippen LogP contribution in [0.5, 0.6) is 5.75 Å². The summed E-state index contributed by atoms with van der Waals surface area (Å²) in [5, 5.41) is 12.8. The summed E-state index contributed by atoms with van der Waals surface area (Å²) in [5.74, 6) is 1.33. The zero-order valence-corrected chi connectivity index (χ0v) is 30.0. The Morgan fingerprint density at radius 1 is 1.02 bits per heavy atom. The number of carbonyl (C=O) groups excluding carboxylic acids is 1. The Kier molecular flexibility index (Phi) is 9.88. The van der Waals surface area contributed by atoms with Crippen LogP contribution in [0.2, 0.25) is 25.7 Å². The van der Waals surface area contributed by atoms with Crippen LogP contribution in [0, 0.1) is 0 Å². The third-order valence-electron chi connectivity index (χ3n) is 8.08. The van der Waals surface area contributed by atoms with Crippen molar-refractivity contribution < 1.29 is 19.0 Å². The monoisotopic (exact) mass is 679 g/mol. The molecule has 1 amide bonds. The zero-order valence-electron chi connectivity index (χ0n) is 29.0. The van der Waals surface area contributed by atoms with Gasteiger partial charge in [-0.3, -0.25) is 10.1 Å². The summed E-state index contributed by atoms with van der Waals surface area (Å²) in [4.78, 5) is 25.2. The summed E-state index contributed by atoms with van der Waals surface area (Å²) in [6.07, 6.45) is 9.22. The molecule has 0 aliphatic carbocycles. The number of hydrogen-bond acceptors (Lipinski definition) is 7. The second-order valence-corrected chi connectivity index (χ2v) is 20.1. The summed E-state index contributed by atoms with van der Waals surface area (Å²) in [5.41, 5.74) is 5.00. The van der Waals surface area contributed by atoms with Gasteiger partial charge in [-0.05, 0) is 68.6 Å². The lowest BCUT2D eigenvalue weighted by Gasteiger charge is -2.24. The number of para-hydroxylation sites is 1. The van der Waals surface area contributed by atoms with E-state index in [1.165, 1.54) is 0 Å². The molecule has 0 fully saturated rings. The lowest BCUT2D eigenvalue weighted by molar-refractivity contribution is 0.0487. The van der Waals surface area contributed by atoms with Gasteiger partial charge in [-0.2, -0.15) is 5.10 Å². The van der Waals surface area contributed by atoms with E-state index < -0.39 is 19.8 Å². The van der Waals surface area contributed by atoms with Crippen LogP contribution in [0.1, 0.15) is 26.3 Å². The van der Waals surface area contributed by atoms with Gasteiger partial charge >= 0.3 is 6.09 Å². The van der Waals surface area contributed by atoms with Crippen molar-refractivity contribution in [2.45, 2.75) is 71.3 Å². The van der Waals surface area contributed by atoms with Crippen LogP contribution in [-0.4, -0.2) is 68.7 Å². The van der Waals surface area contributed by atoms with Crippen LogP contribution >= 0.6 is 0 Å². The lowest BCUT2D eigenvalue weighted by Crippen LogP contribution is -2.43. The number of nitrogens with zero attached hydrogens (tertiary/aromatic N) is 4.